The maximum absolute atomic E-state index is 11.8. The molecule has 104 valence electrons. The lowest BCUT2D eigenvalue weighted by molar-refractivity contribution is -0.126. The molecule has 0 aliphatic carbocycles. The van der Waals surface area contributed by atoms with Gasteiger partial charge in [0, 0.05) is 19.7 Å². The molecule has 18 heavy (non-hydrogen) atoms. The lowest BCUT2D eigenvalue weighted by Crippen LogP contribution is -2.58. The van der Waals surface area contributed by atoms with Crippen molar-refractivity contribution in [3.63, 3.8) is 0 Å². The number of rotatable bonds is 7. The van der Waals surface area contributed by atoms with Crippen molar-refractivity contribution in [3.05, 3.63) is 0 Å². The van der Waals surface area contributed by atoms with Crippen LogP contribution in [0.5, 0.6) is 0 Å². The molecule has 0 bridgehead atoms. The fourth-order valence-electron chi connectivity index (χ4n) is 2.06. The van der Waals surface area contributed by atoms with Crippen molar-refractivity contribution >= 4 is 11.8 Å². The molecular weight excluding hydrogens is 234 g/mol. The summed E-state index contributed by atoms with van der Waals surface area (Å²) in [5.74, 6) is 0.152. The molecule has 6 heteroatoms. The number of aliphatic hydroxyl groups is 1. The number of aliphatic hydroxyl groups excluding tert-OH is 1. The lowest BCUT2D eigenvalue weighted by Gasteiger charge is -2.24. The molecule has 6 nitrogen and oxygen atoms in total. The zero-order valence-electron chi connectivity index (χ0n) is 10.9. The second-order valence-electron chi connectivity index (χ2n) is 4.65. The Kier molecular flexibility index (Phi) is 6.67. The smallest absolute Gasteiger partial charge is 0.238 e. The van der Waals surface area contributed by atoms with Crippen molar-refractivity contribution in [1.82, 2.24) is 16.0 Å². The van der Waals surface area contributed by atoms with Crippen molar-refractivity contribution in [2.75, 3.05) is 26.2 Å². The minimum absolute atomic E-state index is 0.0804. The minimum atomic E-state index is -0.348. The van der Waals surface area contributed by atoms with Gasteiger partial charge in [-0.25, -0.2) is 0 Å². The van der Waals surface area contributed by atoms with E-state index in [-0.39, 0.29) is 31.0 Å². The van der Waals surface area contributed by atoms with Crippen LogP contribution in [0, 0.1) is 5.92 Å². The van der Waals surface area contributed by atoms with E-state index in [0.29, 0.717) is 25.4 Å². The Hall–Kier alpha value is -1.14. The molecule has 2 amide bonds. The van der Waals surface area contributed by atoms with E-state index in [4.69, 9.17) is 5.11 Å². The molecule has 1 aliphatic heterocycles. The van der Waals surface area contributed by atoms with Crippen LogP contribution in [-0.4, -0.2) is 49.2 Å². The van der Waals surface area contributed by atoms with E-state index in [9.17, 15) is 9.59 Å². The minimum Gasteiger partial charge on any atom is -0.396 e. The van der Waals surface area contributed by atoms with Crippen LogP contribution in [0.3, 0.4) is 0 Å². The summed E-state index contributed by atoms with van der Waals surface area (Å²) < 4.78 is 0. The fraction of sp³-hybridized carbons (Fsp3) is 0.833. The summed E-state index contributed by atoms with van der Waals surface area (Å²) in [7, 11) is 0. The van der Waals surface area contributed by atoms with Crippen molar-refractivity contribution in [1.29, 1.82) is 0 Å². The first-order valence-corrected chi connectivity index (χ1v) is 6.56. The molecule has 0 aromatic carbocycles. The number of carbonyl (C=O) groups is 2. The topological polar surface area (TPSA) is 90.5 Å². The summed E-state index contributed by atoms with van der Waals surface area (Å²) in [6.07, 6.45) is 2.75. The normalized spacial score (nSPS) is 21.2. The van der Waals surface area contributed by atoms with Crippen LogP contribution in [0.15, 0.2) is 0 Å². The SMILES string of the molecule is CCCC(CCO)CNC(=O)C1CNC(=O)CN1. The summed E-state index contributed by atoms with van der Waals surface area (Å²) >= 11 is 0. The molecule has 0 aromatic heterocycles. The van der Waals surface area contributed by atoms with Gasteiger partial charge in [-0.15, -0.1) is 0 Å². The third-order valence-electron chi connectivity index (χ3n) is 3.13. The zero-order valence-corrected chi connectivity index (χ0v) is 10.9. The molecule has 0 spiro atoms. The maximum Gasteiger partial charge on any atom is 0.238 e. The largest absolute Gasteiger partial charge is 0.396 e. The number of amides is 2. The molecule has 2 atom stereocenters. The summed E-state index contributed by atoms with van der Waals surface area (Å²) in [4.78, 5) is 22.8. The maximum atomic E-state index is 11.8. The van der Waals surface area contributed by atoms with Crippen LogP contribution in [0.25, 0.3) is 0 Å². The molecule has 1 saturated heterocycles. The van der Waals surface area contributed by atoms with Crippen LogP contribution in [0.1, 0.15) is 26.2 Å². The highest BCUT2D eigenvalue weighted by Gasteiger charge is 2.23. The summed E-state index contributed by atoms with van der Waals surface area (Å²) in [5, 5.41) is 17.3. The first kappa shape index (κ1) is 14.9. The third-order valence-corrected chi connectivity index (χ3v) is 3.13. The Balaban J connectivity index is 2.28. The molecule has 1 rings (SSSR count). The second-order valence-corrected chi connectivity index (χ2v) is 4.65. The number of hydrogen-bond donors (Lipinski definition) is 4. The standard InChI is InChI=1S/C12H23N3O3/c1-2-3-9(4-5-16)6-15-12(18)10-7-14-11(17)8-13-10/h9-10,13,16H,2-8H2,1H3,(H,14,17)(H,15,18). The van der Waals surface area contributed by atoms with Gasteiger partial charge >= 0.3 is 0 Å². The van der Waals surface area contributed by atoms with Crippen molar-refractivity contribution < 1.29 is 14.7 Å². The van der Waals surface area contributed by atoms with Crippen LogP contribution in [0.2, 0.25) is 0 Å². The molecule has 0 aromatic rings. The monoisotopic (exact) mass is 257 g/mol. The Morgan fingerprint density at radius 2 is 2.33 bits per heavy atom. The highest BCUT2D eigenvalue weighted by molar-refractivity contribution is 5.86. The molecule has 1 fully saturated rings. The fourth-order valence-corrected chi connectivity index (χ4v) is 2.06. The van der Waals surface area contributed by atoms with Crippen LogP contribution in [0.4, 0.5) is 0 Å². The molecule has 1 heterocycles. The van der Waals surface area contributed by atoms with E-state index in [0.717, 1.165) is 12.8 Å². The molecule has 0 saturated carbocycles. The lowest BCUT2D eigenvalue weighted by atomic mass is 10.00. The molecule has 1 aliphatic rings. The van der Waals surface area contributed by atoms with E-state index in [1.807, 2.05) is 0 Å². The average Bonchev–Trinajstić information content (AvgIpc) is 2.37. The van der Waals surface area contributed by atoms with E-state index >= 15 is 0 Å². The van der Waals surface area contributed by atoms with Gasteiger partial charge in [-0.3, -0.25) is 14.9 Å². The van der Waals surface area contributed by atoms with Crippen LogP contribution < -0.4 is 16.0 Å². The highest BCUT2D eigenvalue weighted by atomic mass is 16.3. The highest BCUT2D eigenvalue weighted by Crippen LogP contribution is 2.09. The van der Waals surface area contributed by atoms with Crippen molar-refractivity contribution in [2.24, 2.45) is 5.92 Å². The van der Waals surface area contributed by atoms with Gasteiger partial charge in [-0.2, -0.15) is 0 Å². The summed E-state index contributed by atoms with van der Waals surface area (Å²) in [5.41, 5.74) is 0. The van der Waals surface area contributed by atoms with Gasteiger partial charge in [0.15, 0.2) is 0 Å². The molecule has 4 N–H and O–H groups in total. The molecule has 0 radical (unpaired) electrons. The first-order chi connectivity index (χ1) is 8.67. The van der Waals surface area contributed by atoms with Gasteiger partial charge in [-0.1, -0.05) is 13.3 Å². The predicted molar refractivity (Wildman–Crippen MR) is 67.9 cm³/mol. The van der Waals surface area contributed by atoms with Gasteiger partial charge in [-0.05, 0) is 18.8 Å². The van der Waals surface area contributed by atoms with Gasteiger partial charge in [0.1, 0.15) is 6.04 Å². The molecular formula is C12H23N3O3. The van der Waals surface area contributed by atoms with E-state index < -0.39 is 0 Å². The number of piperazine rings is 1. The van der Waals surface area contributed by atoms with E-state index in [2.05, 4.69) is 22.9 Å². The third kappa shape index (κ3) is 5.01. The van der Waals surface area contributed by atoms with Crippen molar-refractivity contribution in [3.8, 4) is 0 Å². The van der Waals surface area contributed by atoms with Gasteiger partial charge < -0.3 is 15.7 Å². The summed E-state index contributed by atoms with van der Waals surface area (Å²) in [6.45, 7) is 3.35. The van der Waals surface area contributed by atoms with Crippen LogP contribution >= 0.6 is 0 Å². The van der Waals surface area contributed by atoms with E-state index in [1.54, 1.807) is 0 Å². The quantitative estimate of drug-likeness (QED) is 0.470. The van der Waals surface area contributed by atoms with Gasteiger partial charge in [0.25, 0.3) is 0 Å². The van der Waals surface area contributed by atoms with Gasteiger partial charge in [0.2, 0.25) is 11.8 Å². The summed E-state index contributed by atoms with van der Waals surface area (Å²) in [6, 6.07) is -0.348. The number of nitrogens with one attached hydrogen (secondary N) is 3. The Morgan fingerprint density at radius 3 is 2.89 bits per heavy atom. The molecule has 2 unspecified atom stereocenters. The Bertz CT molecular complexity index is 268. The van der Waals surface area contributed by atoms with Crippen molar-refractivity contribution in [2.45, 2.75) is 32.2 Å². The van der Waals surface area contributed by atoms with Crippen LogP contribution in [-0.2, 0) is 9.59 Å². The number of carbonyl (C=O) groups excluding carboxylic acids is 2. The predicted octanol–water partition coefficient (Wildman–Crippen LogP) is -1.01. The van der Waals surface area contributed by atoms with E-state index in [1.165, 1.54) is 0 Å². The Labute approximate surface area is 108 Å². The first-order valence-electron chi connectivity index (χ1n) is 6.56. The average molecular weight is 257 g/mol. The second kappa shape index (κ2) is 8.05. The van der Waals surface area contributed by atoms with Gasteiger partial charge in [0.05, 0.1) is 6.54 Å². The number of hydrogen-bond acceptors (Lipinski definition) is 4. The zero-order chi connectivity index (χ0) is 13.4. The Morgan fingerprint density at radius 1 is 1.56 bits per heavy atom.